The van der Waals surface area contributed by atoms with E-state index < -0.39 is 0 Å². The van der Waals surface area contributed by atoms with Crippen LogP contribution in [0.3, 0.4) is 0 Å². The van der Waals surface area contributed by atoms with Crippen LogP contribution in [0.5, 0.6) is 0 Å². The van der Waals surface area contributed by atoms with Gasteiger partial charge in [0.1, 0.15) is 0 Å². The highest BCUT2D eigenvalue weighted by atomic mass is 15.0. The molecule has 2 aromatic heterocycles. The third kappa shape index (κ3) is 5.23. The molecule has 212 valence electrons. The van der Waals surface area contributed by atoms with Crippen molar-refractivity contribution in [2.45, 2.75) is 0 Å². The Bertz CT molecular complexity index is 2220. The van der Waals surface area contributed by atoms with E-state index in [0.717, 1.165) is 40.7 Å². The number of rotatable bonds is 6. The maximum absolute atomic E-state index is 5.91. The first-order chi connectivity index (χ1) is 22.2. The lowest BCUT2D eigenvalue weighted by molar-refractivity contribution is 1.07. The van der Waals surface area contributed by atoms with E-state index >= 15 is 0 Å². The Kier molecular flexibility index (Phi) is 6.65. The fourth-order valence-corrected chi connectivity index (χ4v) is 5.91. The maximum Gasteiger partial charge on any atom is 0.195 e. The SMILES string of the molecule is Nc1ccc(-c2ccc3[nH]c4c(Bc5ccc(-c6nc(-c7ccccc7)nc(-c7ccccc7)n6)cc5)cccc4c3c2)cc1. The quantitative estimate of drug-likeness (QED) is 0.163. The van der Waals surface area contributed by atoms with Crippen molar-refractivity contribution in [3.63, 3.8) is 0 Å². The van der Waals surface area contributed by atoms with Gasteiger partial charge in [-0.15, -0.1) is 0 Å². The summed E-state index contributed by atoms with van der Waals surface area (Å²) < 4.78 is 0. The van der Waals surface area contributed by atoms with Crippen molar-refractivity contribution in [3.05, 3.63) is 146 Å². The van der Waals surface area contributed by atoms with Gasteiger partial charge in [-0.25, -0.2) is 15.0 Å². The number of H-pyrrole nitrogens is 1. The first kappa shape index (κ1) is 26.6. The second-order valence-electron chi connectivity index (χ2n) is 11.3. The largest absolute Gasteiger partial charge is 0.399 e. The summed E-state index contributed by atoms with van der Waals surface area (Å²) in [5.41, 5.74) is 16.7. The van der Waals surface area contributed by atoms with Crippen LogP contribution < -0.4 is 16.7 Å². The lowest BCUT2D eigenvalue weighted by atomic mass is 9.63. The van der Waals surface area contributed by atoms with Crippen LogP contribution >= 0.6 is 0 Å². The molecule has 8 rings (SSSR count). The molecule has 0 aliphatic heterocycles. The molecule has 6 heteroatoms. The van der Waals surface area contributed by atoms with Gasteiger partial charge in [0.2, 0.25) is 0 Å². The molecule has 0 amide bonds. The third-order valence-electron chi connectivity index (χ3n) is 8.27. The van der Waals surface area contributed by atoms with E-state index in [1.165, 1.54) is 32.8 Å². The molecule has 0 bridgehead atoms. The fourth-order valence-electron chi connectivity index (χ4n) is 5.91. The molecule has 0 aliphatic carbocycles. The Hall–Kier alpha value is -6.01. The summed E-state index contributed by atoms with van der Waals surface area (Å²) in [4.78, 5) is 18.3. The van der Waals surface area contributed by atoms with E-state index in [0.29, 0.717) is 17.5 Å². The molecule has 0 unspecified atom stereocenters. The van der Waals surface area contributed by atoms with E-state index in [4.69, 9.17) is 20.7 Å². The standard InChI is InChI=1S/C39H28BN5/c41-31-21-16-25(17-22-31)29-18-23-35-33(24-29)32-12-7-13-34(36(32)42-35)40-30-19-14-28(15-20-30)39-44-37(26-8-3-1-4-9-26)43-38(45-39)27-10-5-2-6-11-27/h1-24,40,42H,41H2. The Morgan fingerprint density at radius 3 is 1.64 bits per heavy atom. The van der Waals surface area contributed by atoms with Crippen LogP contribution in [0.4, 0.5) is 5.69 Å². The van der Waals surface area contributed by atoms with Gasteiger partial charge in [-0.05, 0) is 35.4 Å². The molecular formula is C39H28BN5. The highest BCUT2D eigenvalue weighted by molar-refractivity contribution is 6.69. The number of aromatic nitrogens is 4. The second kappa shape index (κ2) is 11.2. The molecule has 0 fully saturated rings. The topological polar surface area (TPSA) is 80.5 Å². The van der Waals surface area contributed by atoms with Crippen molar-refractivity contribution in [1.29, 1.82) is 0 Å². The average Bonchev–Trinajstić information content (AvgIpc) is 3.48. The van der Waals surface area contributed by atoms with Gasteiger partial charge >= 0.3 is 0 Å². The maximum atomic E-state index is 5.91. The molecule has 45 heavy (non-hydrogen) atoms. The van der Waals surface area contributed by atoms with Crippen molar-refractivity contribution in [3.8, 4) is 45.3 Å². The first-order valence-electron chi connectivity index (χ1n) is 15.0. The highest BCUT2D eigenvalue weighted by Crippen LogP contribution is 2.30. The van der Waals surface area contributed by atoms with Crippen LogP contribution in [0.1, 0.15) is 0 Å². The van der Waals surface area contributed by atoms with Gasteiger partial charge in [-0.3, -0.25) is 0 Å². The number of nitrogens with one attached hydrogen (secondary N) is 1. The Morgan fingerprint density at radius 2 is 1.02 bits per heavy atom. The minimum Gasteiger partial charge on any atom is -0.399 e. The smallest absolute Gasteiger partial charge is 0.195 e. The van der Waals surface area contributed by atoms with Crippen LogP contribution in [0.25, 0.3) is 67.1 Å². The zero-order chi connectivity index (χ0) is 30.2. The summed E-state index contributed by atoms with van der Waals surface area (Å²) in [6.07, 6.45) is 0. The monoisotopic (exact) mass is 577 g/mol. The Balaban J connectivity index is 1.12. The van der Waals surface area contributed by atoms with E-state index in [9.17, 15) is 0 Å². The summed E-state index contributed by atoms with van der Waals surface area (Å²) in [6.45, 7) is 0. The normalized spacial score (nSPS) is 11.2. The number of hydrogen-bond donors (Lipinski definition) is 2. The van der Waals surface area contributed by atoms with E-state index in [1.54, 1.807) is 0 Å². The summed E-state index contributed by atoms with van der Waals surface area (Å²) >= 11 is 0. The van der Waals surface area contributed by atoms with Crippen LogP contribution in [-0.2, 0) is 0 Å². The summed E-state index contributed by atoms with van der Waals surface area (Å²) in [5.74, 6) is 1.98. The zero-order valence-electron chi connectivity index (χ0n) is 24.5. The summed E-state index contributed by atoms with van der Waals surface area (Å²) in [5, 5.41) is 2.44. The van der Waals surface area contributed by atoms with E-state index in [-0.39, 0.29) is 0 Å². The minimum atomic E-state index is 0.656. The molecule has 6 aromatic carbocycles. The van der Waals surface area contributed by atoms with Gasteiger partial charge in [0.05, 0.1) is 0 Å². The molecule has 8 aromatic rings. The fraction of sp³-hybridized carbons (Fsp3) is 0. The molecule has 0 aliphatic rings. The zero-order valence-corrected chi connectivity index (χ0v) is 24.5. The third-order valence-corrected chi connectivity index (χ3v) is 8.27. The Labute approximate surface area is 261 Å². The molecule has 0 saturated heterocycles. The molecule has 3 N–H and O–H groups in total. The predicted octanol–water partition coefficient (Wildman–Crippen LogP) is 7.14. The van der Waals surface area contributed by atoms with Gasteiger partial charge in [0, 0.05) is 44.2 Å². The number of benzene rings is 6. The molecule has 2 heterocycles. The van der Waals surface area contributed by atoms with Crippen LogP contribution in [0.2, 0.25) is 0 Å². The van der Waals surface area contributed by atoms with Crippen molar-refractivity contribution < 1.29 is 0 Å². The van der Waals surface area contributed by atoms with Crippen LogP contribution in [-0.4, -0.2) is 27.2 Å². The summed E-state index contributed by atoms with van der Waals surface area (Å²) in [6, 6.07) is 49.9. The number of anilines is 1. The molecule has 5 nitrogen and oxygen atoms in total. The van der Waals surface area contributed by atoms with Crippen LogP contribution in [0, 0.1) is 0 Å². The number of aromatic amines is 1. The summed E-state index contributed by atoms with van der Waals surface area (Å²) in [7, 11) is 0.803. The lowest BCUT2D eigenvalue weighted by Crippen LogP contribution is -2.27. The van der Waals surface area contributed by atoms with E-state index in [2.05, 4.69) is 77.8 Å². The van der Waals surface area contributed by atoms with Crippen molar-refractivity contribution in [2.75, 3.05) is 5.73 Å². The second-order valence-corrected chi connectivity index (χ2v) is 11.3. The van der Waals surface area contributed by atoms with Gasteiger partial charge in [-0.2, -0.15) is 0 Å². The van der Waals surface area contributed by atoms with Gasteiger partial charge in [0.15, 0.2) is 24.8 Å². The van der Waals surface area contributed by atoms with Crippen molar-refractivity contribution in [1.82, 2.24) is 19.9 Å². The van der Waals surface area contributed by atoms with Crippen LogP contribution in [0.15, 0.2) is 146 Å². The Morgan fingerprint density at radius 1 is 0.467 bits per heavy atom. The van der Waals surface area contributed by atoms with Gasteiger partial charge < -0.3 is 10.7 Å². The van der Waals surface area contributed by atoms with Crippen molar-refractivity contribution in [2.24, 2.45) is 0 Å². The number of fused-ring (bicyclic) bond motifs is 3. The minimum absolute atomic E-state index is 0.656. The number of nitrogens with zero attached hydrogens (tertiary/aromatic N) is 3. The number of para-hydroxylation sites is 1. The predicted molar refractivity (Wildman–Crippen MR) is 188 cm³/mol. The molecule has 0 atom stereocenters. The molecule has 0 radical (unpaired) electrons. The van der Waals surface area contributed by atoms with E-state index in [1.807, 2.05) is 72.8 Å². The number of nitrogens with two attached hydrogens (primary N) is 1. The highest BCUT2D eigenvalue weighted by Gasteiger charge is 2.14. The molecule has 0 spiro atoms. The number of hydrogen-bond acceptors (Lipinski definition) is 4. The van der Waals surface area contributed by atoms with Crippen molar-refractivity contribution >= 4 is 45.7 Å². The first-order valence-corrected chi connectivity index (χ1v) is 15.0. The lowest BCUT2D eigenvalue weighted by Gasteiger charge is -2.09. The number of nitrogen functional groups attached to an aromatic ring is 1. The average molecular weight is 578 g/mol. The molecular weight excluding hydrogens is 549 g/mol. The van der Waals surface area contributed by atoms with Gasteiger partial charge in [0.25, 0.3) is 0 Å². The van der Waals surface area contributed by atoms with Gasteiger partial charge in [-0.1, -0.05) is 132 Å². The molecule has 0 saturated carbocycles.